The number of anilines is 1. The van der Waals surface area contributed by atoms with Crippen LogP contribution in [-0.4, -0.2) is 18.1 Å². The molecule has 0 bridgehead atoms. The highest BCUT2D eigenvalue weighted by Crippen LogP contribution is 2.38. The first-order valence-electron chi connectivity index (χ1n) is 6.73. The monoisotopic (exact) mass is 267 g/mol. The van der Waals surface area contributed by atoms with Crippen LogP contribution in [-0.2, 0) is 6.54 Å². The zero-order valence-corrected chi connectivity index (χ0v) is 12.0. The van der Waals surface area contributed by atoms with Crippen LogP contribution in [0.1, 0.15) is 38.7 Å². The summed E-state index contributed by atoms with van der Waals surface area (Å²) in [5, 5.41) is 0.665. The number of nitrogens with zero attached hydrogens (tertiary/aromatic N) is 2. The predicted molar refractivity (Wildman–Crippen MR) is 77.0 cm³/mol. The van der Waals surface area contributed by atoms with Crippen molar-refractivity contribution in [1.82, 2.24) is 4.98 Å². The van der Waals surface area contributed by atoms with E-state index in [2.05, 4.69) is 23.7 Å². The zero-order valence-electron chi connectivity index (χ0n) is 11.2. The average Bonchev–Trinajstić information content (AvgIpc) is 2.84. The molecular weight excluding hydrogens is 246 g/mol. The molecule has 3 nitrogen and oxygen atoms in total. The van der Waals surface area contributed by atoms with Gasteiger partial charge in [-0.3, -0.25) is 0 Å². The van der Waals surface area contributed by atoms with Gasteiger partial charge in [-0.2, -0.15) is 0 Å². The minimum atomic E-state index is 0.462. The van der Waals surface area contributed by atoms with Crippen molar-refractivity contribution in [2.75, 3.05) is 18.0 Å². The SMILES string of the molecule is CCC1(CC)CCN(c2cc(CN)c(Cl)cn2)C1. The summed E-state index contributed by atoms with van der Waals surface area (Å²) in [5.41, 5.74) is 7.13. The molecule has 1 aliphatic rings. The number of halogens is 1. The van der Waals surface area contributed by atoms with Crippen LogP contribution in [0.4, 0.5) is 5.82 Å². The number of nitrogens with two attached hydrogens (primary N) is 1. The Morgan fingerprint density at radius 3 is 2.72 bits per heavy atom. The molecule has 0 radical (unpaired) electrons. The first-order valence-corrected chi connectivity index (χ1v) is 7.11. The van der Waals surface area contributed by atoms with E-state index in [0.717, 1.165) is 24.5 Å². The van der Waals surface area contributed by atoms with Gasteiger partial charge < -0.3 is 10.6 Å². The van der Waals surface area contributed by atoms with E-state index < -0.39 is 0 Å². The molecule has 0 spiro atoms. The second-order valence-electron chi connectivity index (χ2n) is 5.22. The molecular formula is C14H22ClN3. The summed E-state index contributed by atoms with van der Waals surface area (Å²) in [4.78, 5) is 6.81. The second kappa shape index (κ2) is 5.45. The van der Waals surface area contributed by atoms with Gasteiger partial charge in [-0.25, -0.2) is 4.98 Å². The lowest BCUT2D eigenvalue weighted by Crippen LogP contribution is -2.26. The van der Waals surface area contributed by atoms with Gasteiger partial charge in [0.1, 0.15) is 5.82 Å². The molecule has 1 aliphatic heterocycles. The van der Waals surface area contributed by atoms with Gasteiger partial charge in [-0.1, -0.05) is 25.4 Å². The Bertz CT molecular complexity index is 416. The minimum absolute atomic E-state index is 0.462. The molecule has 0 amide bonds. The lowest BCUT2D eigenvalue weighted by Gasteiger charge is -2.26. The Morgan fingerprint density at radius 2 is 2.17 bits per heavy atom. The van der Waals surface area contributed by atoms with E-state index in [-0.39, 0.29) is 0 Å². The van der Waals surface area contributed by atoms with Crippen LogP contribution >= 0.6 is 11.6 Å². The quantitative estimate of drug-likeness (QED) is 0.911. The van der Waals surface area contributed by atoms with Gasteiger partial charge in [0.15, 0.2) is 0 Å². The number of hydrogen-bond donors (Lipinski definition) is 1. The molecule has 1 aromatic rings. The number of pyridine rings is 1. The molecule has 0 atom stereocenters. The maximum atomic E-state index is 6.05. The summed E-state index contributed by atoms with van der Waals surface area (Å²) in [6, 6.07) is 2.03. The van der Waals surface area contributed by atoms with Crippen LogP contribution in [0, 0.1) is 5.41 Å². The normalized spacial score (nSPS) is 18.3. The summed E-state index contributed by atoms with van der Waals surface area (Å²) in [6.07, 6.45) is 5.44. The smallest absolute Gasteiger partial charge is 0.128 e. The van der Waals surface area contributed by atoms with E-state index in [1.54, 1.807) is 6.20 Å². The zero-order chi connectivity index (χ0) is 13.2. The van der Waals surface area contributed by atoms with Crippen LogP contribution in [0.5, 0.6) is 0 Å². The minimum Gasteiger partial charge on any atom is -0.356 e. The van der Waals surface area contributed by atoms with Gasteiger partial charge in [-0.15, -0.1) is 0 Å². The largest absolute Gasteiger partial charge is 0.356 e. The Kier molecular flexibility index (Phi) is 4.13. The third-order valence-electron chi connectivity index (χ3n) is 4.40. The van der Waals surface area contributed by atoms with Crippen LogP contribution in [0.2, 0.25) is 5.02 Å². The molecule has 0 unspecified atom stereocenters. The van der Waals surface area contributed by atoms with Crippen molar-refractivity contribution in [1.29, 1.82) is 0 Å². The molecule has 0 aliphatic carbocycles. The van der Waals surface area contributed by atoms with Gasteiger partial charge in [0, 0.05) is 25.8 Å². The van der Waals surface area contributed by atoms with Gasteiger partial charge >= 0.3 is 0 Å². The van der Waals surface area contributed by atoms with Gasteiger partial charge in [0.25, 0.3) is 0 Å². The highest BCUT2D eigenvalue weighted by atomic mass is 35.5. The maximum absolute atomic E-state index is 6.05. The van der Waals surface area contributed by atoms with Crippen LogP contribution in [0.25, 0.3) is 0 Å². The third-order valence-corrected chi connectivity index (χ3v) is 4.74. The highest BCUT2D eigenvalue weighted by molar-refractivity contribution is 6.31. The first kappa shape index (κ1) is 13.6. The van der Waals surface area contributed by atoms with E-state index in [0.29, 0.717) is 17.0 Å². The van der Waals surface area contributed by atoms with E-state index in [1.807, 2.05) is 6.07 Å². The molecule has 2 rings (SSSR count). The summed E-state index contributed by atoms with van der Waals surface area (Å²) in [5.74, 6) is 1.02. The molecule has 2 heterocycles. The Labute approximate surface area is 114 Å². The first-order chi connectivity index (χ1) is 8.64. The molecule has 0 saturated carbocycles. The third kappa shape index (κ3) is 2.47. The van der Waals surface area contributed by atoms with Crippen molar-refractivity contribution in [3.63, 3.8) is 0 Å². The molecule has 4 heteroatoms. The number of hydrogen-bond acceptors (Lipinski definition) is 3. The number of aromatic nitrogens is 1. The van der Waals surface area contributed by atoms with Crippen LogP contribution in [0.3, 0.4) is 0 Å². The molecule has 0 aromatic carbocycles. The molecule has 2 N–H and O–H groups in total. The van der Waals surface area contributed by atoms with E-state index in [4.69, 9.17) is 17.3 Å². The molecule has 1 fully saturated rings. The molecule has 100 valence electrons. The lowest BCUT2D eigenvalue weighted by molar-refractivity contribution is 0.301. The van der Waals surface area contributed by atoms with Crippen molar-refractivity contribution in [2.24, 2.45) is 11.1 Å². The topological polar surface area (TPSA) is 42.1 Å². The van der Waals surface area contributed by atoms with Crippen molar-refractivity contribution in [3.8, 4) is 0 Å². The Balaban J connectivity index is 2.19. The molecule has 1 aromatic heterocycles. The fraction of sp³-hybridized carbons (Fsp3) is 0.643. The van der Waals surface area contributed by atoms with Crippen molar-refractivity contribution in [3.05, 3.63) is 22.8 Å². The molecule has 18 heavy (non-hydrogen) atoms. The Morgan fingerprint density at radius 1 is 1.44 bits per heavy atom. The van der Waals surface area contributed by atoms with E-state index >= 15 is 0 Å². The highest BCUT2D eigenvalue weighted by Gasteiger charge is 2.35. The summed E-state index contributed by atoms with van der Waals surface area (Å²) >= 11 is 6.05. The summed E-state index contributed by atoms with van der Waals surface area (Å²) in [6.45, 7) is 7.22. The van der Waals surface area contributed by atoms with Gasteiger partial charge in [0.2, 0.25) is 0 Å². The standard InChI is InChI=1S/C14H22ClN3/c1-3-14(4-2)5-6-18(10-14)13-7-11(8-16)12(15)9-17-13/h7,9H,3-6,8,10,16H2,1-2H3. The summed E-state index contributed by atoms with van der Waals surface area (Å²) < 4.78 is 0. The maximum Gasteiger partial charge on any atom is 0.128 e. The van der Waals surface area contributed by atoms with E-state index in [1.165, 1.54) is 19.3 Å². The molecule has 1 saturated heterocycles. The Hall–Kier alpha value is -0.800. The van der Waals surface area contributed by atoms with Gasteiger partial charge in [-0.05, 0) is 36.3 Å². The van der Waals surface area contributed by atoms with Crippen molar-refractivity contribution >= 4 is 17.4 Å². The van der Waals surface area contributed by atoms with Crippen molar-refractivity contribution < 1.29 is 0 Å². The average molecular weight is 268 g/mol. The van der Waals surface area contributed by atoms with E-state index in [9.17, 15) is 0 Å². The van der Waals surface area contributed by atoms with Crippen LogP contribution < -0.4 is 10.6 Å². The summed E-state index contributed by atoms with van der Waals surface area (Å²) in [7, 11) is 0. The lowest BCUT2D eigenvalue weighted by atomic mass is 9.82. The number of rotatable bonds is 4. The van der Waals surface area contributed by atoms with Gasteiger partial charge in [0.05, 0.1) is 5.02 Å². The van der Waals surface area contributed by atoms with Crippen molar-refractivity contribution in [2.45, 2.75) is 39.7 Å². The second-order valence-corrected chi connectivity index (χ2v) is 5.62. The van der Waals surface area contributed by atoms with Crippen LogP contribution in [0.15, 0.2) is 12.3 Å². The predicted octanol–water partition coefficient (Wildman–Crippen LogP) is 3.21. The fourth-order valence-electron chi connectivity index (χ4n) is 2.75. The fourth-order valence-corrected chi connectivity index (χ4v) is 2.94.